The monoisotopic (exact) mass is 400 g/mol. The number of fused-ring (bicyclic) bond motifs is 3. The van der Waals surface area contributed by atoms with E-state index < -0.39 is 17.8 Å². The molecule has 4 rings (SSSR count). The zero-order chi connectivity index (χ0) is 19.3. The Hall–Kier alpha value is -2.15. The van der Waals surface area contributed by atoms with Crippen LogP contribution in [0, 0.1) is 11.8 Å². The van der Waals surface area contributed by atoms with Gasteiger partial charge in [-0.2, -0.15) is 13.2 Å². The number of carbonyl (C=O) groups is 1. The lowest BCUT2D eigenvalue weighted by molar-refractivity contribution is -0.146. The summed E-state index contributed by atoms with van der Waals surface area (Å²) in [7, 11) is 0. The first-order valence-corrected chi connectivity index (χ1v) is 8.96. The number of esters is 1. The van der Waals surface area contributed by atoms with Crippen molar-refractivity contribution >= 4 is 17.6 Å². The fourth-order valence-corrected chi connectivity index (χ4v) is 3.79. The summed E-state index contributed by atoms with van der Waals surface area (Å²) in [4.78, 5) is 11.9. The average molecular weight is 401 g/mol. The number of halogens is 4. The highest BCUT2D eigenvalue weighted by Crippen LogP contribution is 2.58. The summed E-state index contributed by atoms with van der Waals surface area (Å²) in [6.07, 6.45) is -0.829. The number of benzene rings is 1. The number of rotatable bonds is 4. The van der Waals surface area contributed by atoms with Gasteiger partial charge in [0.1, 0.15) is 29.6 Å². The summed E-state index contributed by atoms with van der Waals surface area (Å²) in [6.45, 7) is 2.09. The Balaban J connectivity index is 1.42. The van der Waals surface area contributed by atoms with Crippen LogP contribution >= 0.6 is 11.6 Å². The van der Waals surface area contributed by atoms with Gasteiger partial charge >= 0.3 is 12.1 Å². The summed E-state index contributed by atoms with van der Waals surface area (Å²) in [5.41, 5.74) is 0.143. The normalized spacial score (nSPS) is 28.3. The van der Waals surface area contributed by atoms with Gasteiger partial charge in [-0.15, -0.1) is 0 Å². The zero-order valence-electron chi connectivity index (χ0n) is 14.3. The van der Waals surface area contributed by atoms with Crippen molar-refractivity contribution < 1.29 is 32.2 Å². The lowest BCUT2D eigenvalue weighted by Gasteiger charge is -2.22. The van der Waals surface area contributed by atoms with Crippen molar-refractivity contribution in [2.45, 2.75) is 31.7 Å². The van der Waals surface area contributed by atoms with Crippen molar-refractivity contribution in [2.75, 3.05) is 6.61 Å². The first-order chi connectivity index (χ1) is 12.8. The maximum Gasteiger partial charge on any atom is 0.416 e. The van der Waals surface area contributed by atoms with Gasteiger partial charge in [-0.05, 0) is 36.8 Å². The second kappa shape index (κ2) is 6.48. The van der Waals surface area contributed by atoms with Crippen LogP contribution in [0.25, 0.3) is 0 Å². The lowest BCUT2D eigenvalue weighted by Crippen LogP contribution is -2.19. The molecule has 144 valence electrons. The molecule has 1 heterocycles. The first-order valence-electron chi connectivity index (χ1n) is 8.58. The van der Waals surface area contributed by atoms with E-state index in [1.165, 1.54) is 6.07 Å². The second-order valence-electron chi connectivity index (χ2n) is 6.61. The average Bonchev–Trinajstić information content (AvgIpc) is 3.18. The molecule has 4 atom stereocenters. The first kappa shape index (κ1) is 18.2. The fraction of sp³-hybridized carbons (Fsp3) is 0.421. The highest BCUT2D eigenvalue weighted by molar-refractivity contribution is 6.32. The van der Waals surface area contributed by atoms with Crippen molar-refractivity contribution in [2.24, 2.45) is 11.8 Å². The van der Waals surface area contributed by atoms with Crippen molar-refractivity contribution in [3.8, 4) is 5.75 Å². The molecule has 0 aromatic heterocycles. The number of hydrogen-bond donors (Lipinski definition) is 0. The van der Waals surface area contributed by atoms with E-state index in [-0.39, 0.29) is 34.7 Å². The molecule has 4 unspecified atom stereocenters. The van der Waals surface area contributed by atoms with Crippen LogP contribution in [-0.2, 0) is 20.4 Å². The predicted octanol–water partition coefficient (Wildman–Crippen LogP) is 4.53. The molecule has 1 saturated carbocycles. The van der Waals surface area contributed by atoms with E-state index >= 15 is 0 Å². The van der Waals surface area contributed by atoms with Crippen molar-refractivity contribution in [1.29, 1.82) is 0 Å². The van der Waals surface area contributed by atoms with E-state index in [2.05, 4.69) is 0 Å². The van der Waals surface area contributed by atoms with Crippen LogP contribution < -0.4 is 4.74 Å². The van der Waals surface area contributed by atoms with Gasteiger partial charge in [0.05, 0.1) is 17.2 Å². The Bertz CT molecular complexity index is 846. The molecule has 1 aromatic carbocycles. The molecular formula is C19H16ClF3O4. The number of ether oxygens (including phenoxy) is 3. The number of allylic oxidation sites excluding steroid dienone is 1. The highest BCUT2D eigenvalue weighted by atomic mass is 35.5. The summed E-state index contributed by atoms with van der Waals surface area (Å²) in [6, 6.07) is 3.00. The van der Waals surface area contributed by atoms with Gasteiger partial charge in [0.15, 0.2) is 0 Å². The van der Waals surface area contributed by atoms with Crippen LogP contribution in [0.15, 0.2) is 41.7 Å². The van der Waals surface area contributed by atoms with Crippen molar-refractivity contribution in [1.82, 2.24) is 0 Å². The molecule has 0 bridgehead atoms. The molecule has 1 aliphatic heterocycles. The van der Waals surface area contributed by atoms with Crippen LogP contribution in [0.4, 0.5) is 13.2 Å². The fourth-order valence-electron chi connectivity index (χ4n) is 3.57. The van der Waals surface area contributed by atoms with E-state index in [4.69, 9.17) is 25.8 Å². The van der Waals surface area contributed by atoms with Gasteiger partial charge < -0.3 is 14.2 Å². The minimum Gasteiger partial charge on any atom is -0.489 e. The van der Waals surface area contributed by atoms with Crippen LogP contribution in [0.5, 0.6) is 5.75 Å². The molecule has 3 aliphatic rings. The molecule has 8 heteroatoms. The number of alkyl halides is 3. The second-order valence-corrected chi connectivity index (χ2v) is 7.02. The Kier molecular flexibility index (Phi) is 4.37. The van der Waals surface area contributed by atoms with E-state index in [0.717, 1.165) is 17.7 Å². The summed E-state index contributed by atoms with van der Waals surface area (Å²) in [5.74, 6) is 0.351. The molecule has 0 spiro atoms. The van der Waals surface area contributed by atoms with E-state index in [0.29, 0.717) is 18.8 Å². The summed E-state index contributed by atoms with van der Waals surface area (Å²) < 4.78 is 54.7. The third-order valence-electron chi connectivity index (χ3n) is 4.86. The Morgan fingerprint density at radius 1 is 1.37 bits per heavy atom. The van der Waals surface area contributed by atoms with Crippen molar-refractivity contribution in [3.05, 3.63) is 52.3 Å². The Morgan fingerprint density at radius 2 is 2.15 bits per heavy atom. The summed E-state index contributed by atoms with van der Waals surface area (Å²) in [5, 5.41) is -0.101. The van der Waals surface area contributed by atoms with E-state index in [1.807, 2.05) is 6.08 Å². The maximum atomic E-state index is 12.7. The molecule has 1 saturated heterocycles. The van der Waals surface area contributed by atoms with Crippen LogP contribution in [0.2, 0.25) is 5.02 Å². The van der Waals surface area contributed by atoms with Gasteiger partial charge in [0.25, 0.3) is 0 Å². The van der Waals surface area contributed by atoms with Crippen LogP contribution in [0.3, 0.4) is 0 Å². The largest absolute Gasteiger partial charge is 0.489 e. The quantitative estimate of drug-likeness (QED) is 0.697. The molecule has 1 aromatic rings. The number of carbonyl (C=O) groups excluding carboxylic acids is 1. The molecule has 0 N–H and O–H groups in total. The topological polar surface area (TPSA) is 44.8 Å². The molecule has 2 fully saturated rings. The van der Waals surface area contributed by atoms with Crippen LogP contribution in [-0.4, -0.2) is 24.8 Å². The van der Waals surface area contributed by atoms with E-state index in [9.17, 15) is 18.0 Å². The van der Waals surface area contributed by atoms with Crippen molar-refractivity contribution in [3.63, 3.8) is 0 Å². The van der Waals surface area contributed by atoms with Gasteiger partial charge in [-0.3, -0.25) is 4.79 Å². The molecule has 0 amide bonds. The van der Waals surface area contributed by atoms with Crippen LogP contribution in [0.1, 0.15) is 18.9 Å². The standard InChI is InChI=1S/C19H16ClF3O4/c1-2-25-18(24)16-15-11-5-4-10(8-14(11)27-17(15)16)26-13-6-3-9(7-12(13)20)19(21,22)23/h3,5-8,10,15-17H,2,4H2,1H3. The zero-order valence-corrected chi connectivity index (χ0v) is 15.0. The predicted molar refractivity (Wildman–Crippen MR) is 90.1 cm³/mol. The minimum absolute atomic E-state index is 0.0194. The lowest BCUT2D eigenvalue weighted by atomic mass is 9.99. The third kappa shape index (κ3) is 3.29. The molecular weight excluding hydrogens is 385 g/mol. The molecule has 2 aliphatic carbocycles. The van der Waals surface area contributed by atoms with Gasteiger partial charge in [-0.25, -0.2) is 0 Å². The third-order valence-corrected chi connectivity index (χ3v) is 5.16. The molecule has 27 heavy (non-hydrogen) atoms. The van der Waals surface area contributed by atoms with Gasteiger partial charge in [0.2, 0.25) is 0 Å². The summed E-state index contributed by atoms with van der Waals surface area (Å²) >= 11 is 5.94. The number of hydrogen-bond acceptors (Lipinski definition) is 4. The minimum atomic E-state index is -4.46. The molecule has 0 radical (unpaired) electrons. The smallest absolute Gasteiger partial charge is 0.416 e. The van der Waals surface area contributed by atoms with Gasteiger partial charge in [0, 0.05) is 12.3 Å². The molecule has 4 nitrogen and oxygen atoms in total. The SMILES string of the molecule is CCOC(=O)C1C2OC3=CC(Oc4ccc(C(F)(F)F)cc4Cl)CC=C3C21. The maximum absolute atomic E-state index is 12.7. The van der Waals surface area contributed by atoms with Gasteiger partial charge in [-0.1, -0.05) is 17.7 Å². The van der Waals surface area contributed by atoms with E-state index in [1.54, 1.807) is 13.0 Å². The Morgan fingerprint density at radius 3 is 2.81 bits per heavy atom. The Labute approximate surface area is 158 Å². The highest BCUT2D eigenvalue weighted by Gasteiger charge is 2.65.